The molecule has 7 nitrogen and oxygen atoms in total. The first kappa shape index (κ1) is 29.7. The lowest BCUT2D eigenvalue weighted by Gasteiger charge is -2.34. The Bertz CT molecular complexity index is 826. The quantitative estimate of drug-likeness (QED) is 0.332. The zero-order valence-corrected chi connectivity index (χ0v) is 22.8. The topological polar surface area (TPSA) is 90.9 Å². The summed E-state index contributed by atoms with van der Waals surface area (Å²) in [6.07, 6.45) is 5.89. The number of amides is 1. The van der Waals surface area contributed by atoms with Gasteiger partial charge in [-0.2, -0.15) is 0 Å². The minimum atomic E-state index is -0.635. The van der Waals surface area contributed by atoms with E-state index in [1.807, 2.05) is 58.0 Å². The average Bonchev–Trinajstić information content (AvgIpc) is 3.28. The zero-order valence-electron chi connectivity index (χ0n) is 22.8. The van der Waals surface area contributed by atoms with Crippen molar-refractivity contribution in [2.75, 3.05) is 13.2 Å². The summed E-state index contributed by atoms with van der Waals surface area (Å²) in [5.41, 5.74) is -1.21. The summed E-state index contributed by atoms with van der Waals surface area (Å²) >= 11 is 0. The summed E-state index contributed by atoms with van der Waals surface area (Å²) in [6, 6.07) is 9.04. The van der Waals surface area contributed by atoms with Crippen LogP contribution in [0.3, 0.4) is 0 Å². The number of nitrogens with one attached hydrogen (secondary N) is 1. The van der Waals surface area contributed by atoms with Gasteiger partial charge in [0, 0.05) is 12.5 Å². The van der Waals surface area contributed by atoms with Crippen molar-refractivity contribution in [2.24, 2.45) is 11.3 Å². The van der Waals surface area contributed by atoms with E-state index in [0.717, 1.165) is 37.9 Å². The first-order valence-electron chi connectivity index (χ1n) is 13.5. The van der Waals surface area contributed by atoms with Crippen molar-refractivity contribution < 1.29 is 28.6 Å². The van der Waals surface area contributed by atoms with Crippen molar-refractivity contribution in [3.63, 3.8) is 0 Å². The Morgan fingerprint density at radius 1 is 1.03 bits per heavy atom. The lowest BCUT2D eigenvalue weighted by molar-refractivity contribution is -0.162. The van der Waals surface area contributed by atoms with Crippen molar-refractivity contribution in [1.82, 2.24) is 5.32 Å². The average molecular weight is 504 g/mol. The lowest BCUT2D eigenvalue weighted by atomic mass is 9.75. The zero-order chi connectivity index (χ0) is 26.6. The van der Waals surface area contributed by atoms with Gasteiger partial charge >= 0.3 is 11.9 Å². The summed E-state index contributed by atoms with van der Waals surface area (Å²) in [6.45, 7) is 10.1. The van der Waals surface area contributed by atoms with Gasteiger partial charge in [0.15, 0.2) is 0 Å². The number of carbonyl (C=O) groups is 3. The van der Waals surface area contributed by atoms with Crippen molar-refractivity contribution in [3.8, 4) is 5.75 Å². The third-order valence-corrected chi connectivity index (χ3v) is 6.59. The van der Waals surface area contributed by atoms with Crippen LogP contribution >= 0.6 is 0 Å². The molecule has 1 fully saturated rings. The Hall–Kier alpha value is -2.57. The SMILES string of the molecule is CCCC(CC1(C(=O)NC(CCOc2ccccc2)CC(=O)OCC)CCCC1)C(=O)OC(C)(C)C. The van der Waals surface area contributed by atoms with Crippen molar-refractivity contribution >= 4 is 17.8 Å². The van der Waals surface area contributed by atoms with E-state index >= 15 is 0 Å². The number of ether oxygens (including phenoxy) is 3. The van der Waals surface area contributed by atoms with Gasteiger partial charge in [0.2, 0.25) is 5.91 Å². The van der Waals surface area contributed by atoms with Gasteiger partial charge in [-0.15, -0.1) is 0 Å². The van der Waals surface area contributed by atoms with Gasteiger partial charge in [0.1, 0.15) is 11.4 Å². The van der Waals surface area contributed by atoms with E-state index in [4.69, 9.17) is 14.2 Å². The monoisotopic (exact) mass is 503 g/mol. The highest BCUT2D eigenvalue weighted by Crippen LogP contribution is 2.45. The number of hydrogen-bond donors (Lipinski definition) is 1. The molecule has 0 heterocycles. The van der Waals surface area contributed by atoms with Crippen LogP contribution in [0.25, 0.3) is 0 Å². The third-order valence-electron chi connectivity index (χ3n) is 6.59. The molecule has 0 bridgehead atoms. The molecule has 7 heteroatoms. The van der Waals surface area contributed by atoms with Crippen LogP contribution in [-0.2, 0) is 23.9 Å². The molecule has 0 aromatic heterocycles. The van der Waals surface area contributed by atoms with Crippen LogP contribution in [0.2, 0.25) is 0 Å². The molecule has 0 aliphatic heterocycles. The Morgan fingerprint density at radius 3 is 2.28 bits per heavy atom. The molecule has 1 aliphatic carbocycles. The third kappa shape index (κ3) is 9.82. The number of para-hydroxylation sites is 1. The number of rotatable bonds is 14. The summed E-state index contributed by atoms with van der Waals surface area (Å²) in [5, 5.41) is 3.14. The van der Waals surface area contributed by atoms with E-state index in [9.17, 15) is 14.4 Å². The molecule has 1 saturated carbocycles. The van der Waals surface area contributed by atoms with E-state index in [1.165, 1.54) is 0 Å². The van der Waals surface area contributed by atoms with Crippen LogP contribution in [-0.4, -0.2) is 42.7 Å². The van der Waals surface area contributed by atoms with E-state index in [1.54, 1.807) is 6.92 Å². The highest BCUT2D eigenvalue weighted by atomic mass is 16.6. The number of carbonyl (C=O) groups excluding carboxylic acids is 3. The molecule has 1 amide bonds. The first-order valence-corrected chi connectivity index (χ1v) is 13.5. The molecule has 2 atom stereocenters. The molecule has 0 spiro atoms. The molecule has 0 radical (unpaired) electrons. The Balaban J connectivity index is 2.12. The van der Waals surface area contributed by atoms with Crippen LogP contribution in [0.15, 0.2) is 30.3 Å². The predicted molar refractivity (Wildman–Crippen MR) is 139 cm³/mol. The van der Waals surface area contributed by atoms with Gasteiger partial charge in [0.05, 0.1) is 31.0 Å². The van der Waals surface area contributed by atoms with Gasteiger partial charge < -0.3 is 19.5 Å². The van der Waals surface area contributed by atoms with Crippen LogP contribution in [0.5, 0.6) is 5.75 Å². The number of hydrogen-bond acceptors (Lipinski definition) is 6. The Kier molecular flexibility index (Phi) is 11.7. The molecule has 1 aromatic carbocycles. The maximum absolute atomic E-state index is 13.7. The highest BCUT2D eigenvalue weighted by molar-refractivity contribution is 5.85. The fraction of sp³-hybridized carbons (Fsp3) is 0.690. The van der Waals surface area contributed by atoms with Gasteiger partial charge in [-0.05, 0) is 65.5 Å². The molecule has 1 aliphatic rings. The van der Waals surface area contributed by atoms with E-state index in [2.05, 4.69) is 5.32 Å². The normalized spacial score (nSPS) is 16.6. The minimum Gasteiger partial charge on any atom is -0.494 e. The summed E-state index contributed by atoms with van der Waals surface area (Å²) in [7, 11) is 0. The lowest BCUT2D eigenvalue weighted by Crippen LogP contribution is -2.47. The molecule has 0 saturated heterocycles. The van der Waals surface area contributed by atoms with E-state index in [0.29, 0.717) is 32.5 Å². The highest BCUT2D eigenvalue weighted by Gasteiger charge is 2.45. The number of benzene rings is 1. The van der Waals surface area contributed by atoms with Gasteiger partial charge in [-0.25, -0.2) is 0 Å². The molecule has 2 unspecified atom stereocenters. The second kappa shape index (κ2) is 14.2. The van der Waals surface area contributed by atoms with E-state index < -0.39 is 17.1 Å². The van der Waals surface area contributed by atoms with Crippen molar-refractivity contribution in [3.05, 3.63) is 30.3 Å². The second-order valence-electron chi connectivity index (χ2n) is 10.8. The first-order chi connectivity index (χ1) is 17.1. The van der Waals surface area contributed by atoms with Gasteiger partial charge in [0.25, 0.3) is 0 Å². The maximum atomic E-state index is 13.7. The molecular weight excluding hydrogens is 458 g/mol. The van der Waals surface area contributed by atoms with Crippen molar-refractivity contribution in [2.45, 2.75) is 104 Å². The van der Waals surface area contributed by atoms with Gasteiger partial charge in [-0.3, -0.25) is 14.4 Å². The van der Waals surface area contributed by atoms with Crippen LogP contribution in [0.1, 0.15) is 92.4 Å². The number of esters is 2. The molecule has 1 aromatic rings. The molecule has 2 rings (SSSR count). The molecule has 36 heavy (non-hydrogen) atoms. The van der Waals surface area contributed by atoms with Crippen molar-refractivity contribution in [1.29, 1.82) is 0 Å². The molecule has 202 valence electrons. The minimum absolute atomic E-state index is 0.0816. The van der Waals surface area contributed by atoms with Gasteiger partial charge in [-0.1, -0.05) is 44.4 Å². The fourth-order valence-corrected chi connectivity index (χ4v) is 4.90. The maximum Gasteiger partial charge on any atom is 0.309 e. The Morgan fingerprint density at radius 2 is 1.69 bits per heavy atom. The summed E-state index contributed by atoms with van der Waals surface area (Å²) < 4.78 is 16.7. The Labute approximate surface area is 216 Å². The van der Waals surface area contributed by atoms with Crippen LogP contribution < -0.4 is 10.1 Å². The van der Waals surface area contributed by atoms with E-state index in [-0.39, 0.29) is 30.2 Å². The molecular formula is C29H45NO6. The molecule has 1 N–H and O–H groups in total. The summed E-state index contributed by atoms with van der Waals surface area (Å²) in [4.78, 5) is 39.0. The van der Waals surface area contributed by atoms with Crippen LogP contribution in [0, 0.1) is 11.3 Å². The predicted octanol–water partition coefficient (Wildman–Crippen LogP) is 5.60. The summed E-state index contributed by atoms with van der Waals surface area (Å²) in [5.74, 6) is -0.254. The smallest absolute Gasteiger partial charge is 0.309 e. The second-order valence-corrected chi connectivity index (χ2v) is 10.8. The standard InChI is InChI=1S/C29H45NO6/c1-6-13-22(26(32)36-28(3,4)5)21-29(17-11-12-18-29)27(33)30-23(20-25(31)34-7-2)16-19-35-24-14-9-8-10-15-24/h8-10,14-15,22-23H,6-7,11-13,16-21H2,1-5H3,(H,30,33). The van der Waals surface area contributed by atoms with Crippen LogP contribution in [0.4, 0.5) is 0 Å². The fourth-order valence-electron chi connectivity index (χ4n) is 4.90. The largest absolute Gasteiger partial charge is 0.494 e.